The van der Waals surface area contributed by atoms with Crippen molar-refractivity contribution < 1.29 is 14.4 Å². The Hall–Kier alpha value is -3.56. The smallest absolute Gasteiger partial charge is 0.312 e. The Bertz CT molecular complexity index is 1400. The van der Waals surface area contributed by atoms with Gasteiger partial charge in [-0.15, -0.1) is 11.3 Å². The predicted molar refractivity (Wildman–Crippen MR) is 139 cm³/mol. The highest BCUT2D eigenvalue weighted by atomic mass is 32.1. The van der Waals surface area contributed by atoms with Gasteiger partial charge in [0.2, 0.25) is 11.8 Å². The van der Waals surface area contributed by atoms with Gasteiger partial charge in [0.1, 0.15) is 5.41 Å². The van der Waals surface area contributed by atoms with E-state index in [0.29, 0.717) is 19.6 Å². The predicted octanol–water partition coefficient (Wildman–Crippen LogP) is 2.84. The number of rotatable bonds is 6. The van der Waals surface area contributed by atoms with Crippen molar-refractivity contribution in [2.75, 3.05) is 19.6 Å². The highest BCUT2D eigenvalue weighted by Crippen LogP contribution is 2.39. The van der Waals surface area contributed by atoms with E-state index in [1.54, 1.807) is 12.1 Å². The number of nitrogens with one attached hydrogen (secondary N) is 1. The van der Waals surface area contributed by atoms with Gasteiger partial charge in [-0.25, -0.2) is 4.79 Å². The van der Waals surface area contributed by atoms with Gasteiger partial charge in [0, 0.05) is 55.2 Å². The van der Waals surface area contributed by atoms with Crippen LogP contribution in [0.2, 0.25) is 0 Å². The monoisotopic (exact) mass is 516 g/mol. The lowest BCUT2D eigenvalue weighted by molar-refractivity contribution is -0.154. The second-order valence-corrected chi connectivity index (χ2v) is 11.4. The topological polar surface area (TPSA) is 91.7 Å². The summed E-state index contributed by atoms with van der Waals surface area (Å²) in [6, 6.07) is 17.9. The van der Waals surface area contributed by atoms with Gasteiger partial charge in [0.15, 0.2) is 0 Å². The van der Waals surface area contributed by atoms with Crippen LogP contribution < -0.4 is 10.9 Å². The molecular formula is C28H28N4O4S. The van der Waals surface area contributed by atoms with Gasteiger partial charge in [-0.1, -0.05) is 42.5 Å². The van der Waals surface area contributed by atoms with E-state index in [0.717, 1.165) is 22.6 Å². The third-order valence-electron chi connectivity index (χ3n) is 7.84. The molecule has 37 heavy (non-hydrogen) atoms. The molecule has 0 saturated carbocycles. The molecule has 0 aliphatic carbocycles. The van der Waals surface area contributed by atoms with Crippen molar-refractivity contribution in [2.45, 2.75) is 31.8 Å². The number of nitrogens with zero attached hydrogens (tertiary/aromatic N) is 3. The lowest BCUT2D eigenvalue weighted by atomic mass is 9.77. The van der Waals surface area contributed by atoms with Crippen LogP contribution in [0.1, 0.15) is 28.5 Å². The van der Waals surface area contributed by atoms with Crippen LogP contribution in [-0.4, -0.2) is 51.8 Å². The molecule has 190 valence electrons. The second-order valence-electron chi connectivity index (χ2n) is 10.4. The Morgan fingerprint density at radius 3 is 2.54 bits per heavy atom. The van der Waals surface area contributed by atoms with Crippen LogP contribution in [0.3, 0.4) is 0 Å². The summed E-state index contributed by atoms with van der Waals surface area (Å²) in [6.07, 6.45) is 1.21. The number of pyridine rings is 1. The molecule has 4 amide bonds. The van der Waals surface area contributed by atoms with Gasteiger partial charge < -0.3 is 9.47 Å². The van der Waals surface area contributed by atoms with E-state index < -0.39 is 23.3 Å². The lowest BCUT2D eigenvalue weighted by Gasteiger charge is -2.47. The van der Waals surface area contributed by atoms with E-state index in [1.807, 2.05) is 58.5 Å². The number of hydrogen-bond donors (Lipinski definition) is 1. The van der Waals surface area contributed by atoms with Crippen molar-refractivity contribution in [1.82, 2.24) is 19.7 Å². The maximum absolute atomic E-state index is 14.1. The average molecular weight is 517 g/mol. The maximum Gasteiger partial charge on any atom is 0.331 e. The molecule has 2 bridgehead atoms. The van der Waals surface area contributed by atoms with Crippen LogP contribution >= 0.6 is 11.3 Å². The fourth-order valence-corrected chi connectivity index (χ4v) is 7.03. The van der Waals surface area contributed by atoms with Crippen molar-refractivity contribution >= 4 is 29.2 Å². The van der Waals surface area contributed by atoms with E-state index in [4.69, 9.17) is 0 Å². The van der Waals surface area contributed by atoms with Gasteiger partial charge in [-0.3, -0.25) is 24.6 Å². The van der Waals surface area contributed by atoms with Crippen molar-refractivity contribution in [2.24, 2.45) is 11.3 Å². The zero-order valence-corrected chi connectivity index (χ0v) is 21.2. The number of fused-ring (bicyclic) bond motifs is 4. The van der Waals surface area contributed by atoms with Gasteiger partial charge >= 0.3 is 6.03 Å². The molecule has 0 spiro atoms. The molecule has 0 unspecified atom stereocenters. The SMILES string of the molecule is O=C1NC(=O)[C@@](Cc2cccs2)(CN2C[C@@H]3C[C@H](C2)c2cccc(=O)n2C3)C(=O)N1Cc1ccccc1. The number of urea groups is 1. The van der Waals surface area contributed by atoms with E-state index in [2.05, 4.69) is 10.2 Å². The zero-order chi connectivity index (χ0) is 25.6. The number of likely N-dealkylation sites (tertiary alicyclic amines) is 1. The summed E-state index contributed by atoms with van der Waals surface area (Å²) >= 11 is 1.50. The van der Waals surface area contributed by atoms with Gasteiger partial charge in [-0.2, -0.15) is 0 Å². The van der Waals surface area contributed by atoms with E-state index in [-0.39, 0.29) is 36.9 Å². The Morgan fingerprint density at radius 2 is 1.76 bits per heavy atom. The minimum absolute atomic E-state index is 0.0201. The molecule has 3 atom stereocenters. The molecule has 8 nitrogen and oxygen atoms in total. The van der Waals surface area contributed by atoms with Gasteiger partial charge in [0.25, 0.3) is 5.56 Å². The second kappa shape index (κ2) is 9.39. The highest BCUT2D eigenvalue weighted by molar-refractivity contribution is 7.09. The molecule has 2 saturated heterocycles. The standard InChI is InChI=1S/C28H28N4O4S/c33-24-10-4-9-23-21-12-20(16-31(23)24)14-30(17-21)18-28(13-22-8-5-11-37-22)25(34)29-27(36)32(26(28)35)15-19-6-2-1-3-7-19/h1-11,20-21H,12-18H2,(H,29,34,36)/t20-,21+,28+/m0/s1. The Balaban J connectivity index is 1.33. The summed E-state index contributed by atoms with van der Waals surface area (Å²) in [5.74, 6) is -0.573. The number of imide groups is 2. The molecule has 1 aromatic carbocycles. The van der Waals surface area contributed by atoms with Crippen molar-refractivity contribution in [3.05, 3.63) is 92.5 Å². The summed E-state index contributed by atoms with van der Waals surface area (Å²) in [6.45, 7) is 2.30. The minimum atomic E-state index is -1.42. The van der Waals surface area contributed by atoms with Gasteiger partial charge in [0.05, 0.1) is 6.54 Å². The summed E-state index contributed by atoms with van der Waals surface area (Å²) < 4.78 is 1.87. The van der Waals surface area contributed by atoms with E-state index in [1.165, 1.54) is 16.2 Å². The van der Waals surface area contributed by atoms with Crippen LogP contribution in [0.15, 0.2) is 70.8 Å². The fourth-order valence-electron chi connectivity index (χ4n) is 6.21. The first-order valence-corrected chi connectivity index (χ1v) is 13.5. The van der Waals surface area contributed by atoms with Gasteiger partial charge in [-0.05, 0) is 35.4 Å². The summed E-state index contributed by atoms with van der Waals surface area (Å²) in [5.41, 5.74) is 0.433. The lowest BCUT2D eigenvalue weighted by Crippen LogP contribution is -2.67. The number of thiophene rings is 1. The number of amides is 4. The Morgan fingerprint density at radius 1 is 0.919 bits per heavy atom. The van der Waals surface area contributed by atoms with Crippen molar-refractivity contribution in [1.29, 1.82) is 0 Å². The van der Waals surface area contributed by atoms with Crippen LogP contribution in [0, 0.1) is 11.3 Å². The van der Waals surface area contributed by atoms with Crippen molar-refractivity contribution in [3.8, 4) is 0 Å². The highest BCUT2D eigenvalue weighted by Gasteiger charge is 2.55. The van der Waals surface area contributed by atoms with E-state index in [9.17, 15) is 19.2 Å². The third kappa shape index (κ3) is 4.32. The molecule has 0 radical (unpaired) electrons. The summed E-state index contributed by atoms with van der Waals surface area (Å²) in [7, 11) is 0. The number of piperidine rings is 1. The van der Waals surface area contributed by atoms with Crippen LogP contribution in [0.5, 0.6) is 0 Å². The van der Waals surface area contributed by atoms with E-state index >= 15 is 0 Å². The first-order valence-electron chi connectivity index (χ1n) is 12.6. The molecular weight excluding hydrogens is 488 g/mol. The first kappa shape index (κ1) is 23.8. The normalized spacial score (nSPS) is 25.6. The molecule has 5 heterocycles. The molecule has 2 fully saturated rings. The Kier molecular flexibility index (Phi) is 6.04. The largest absolute Gasteiger partial charge is 0.331 e. The third-order valence-corrected chi connectivity index (χ3v) is 8.72. The average Bonchev–Trinajstić information content (AvgIpc) is 3.40. The molecule has 3 aromatic rings. The Labute approximate surface area is 218 Å². The molecule has 3 aliphatic heterocycles. The summed E-state index contributed by atoms with van der Waals surface area (Å²) in [4.78, 5) is 57.3. The number of hydrogen-bond acceptors (Lipinski definition) is 6. The molecule has 6 rings (SSSR count). The fraction of sp³-hybridized carbons (Fsp3) is 0.357. The number of benzene rings is 1. The molecule has 2 aromatic heterocycles. The van der Waals surface area contributed by atoms with Crippen LogP contribution in [-0.2, 0) is 29.1 Å². The van der Waals surface area contributed by atoms with Crippen LogP contribution in [0.4, 0.5) is 4.79 Å². The summed E-state index contributed by atoms with van der Waals surface area (Å²) in [5, 5.41) is 4.44. The number of carbonyl (C=O) groups excluding carboxylic acids is 3. The van der Waals surface area contributed by atoms with Crippen LogP contribution in [0.25, 0.3) is 0 Å². The quantitative estimate of drug-likeness (QED) is 0.509. The number of carbonyl (C=O) groups is 3. The first-order chi connectivity index (χ1) is 17.9. The zero-order valence-electron chi connectivity index (χ0n) is 20.3. The number of aromatic nitrogens is 1. The molecule has 1 N–H and O–H groups in total. The molecule has 3 aliphatic rings. The molecule has 9 heteroatoms. The number of barbiturate groups is 1. The minimum Gasteiger partial charge on any atom is -0.312 e. The maximum atomic E-state index is 14.1. The van der Waals surface area contributed by atoms with Crippen molar-refractivity contribution in [3.63, 3.8) is 0 Å².